The van der Waals surface area contributed by atoms with E-state index in [-0.39, 0.29) is 11.9 Å². The third-order valence-electron chi connectivity index (χ3n) is 3.08. The summed E-state index contributed by atoms with van der Waals surface area (Å²) in [6, 6.07) is 7.65. The number of nitrogens with one attached hydrogen (secondary N) is 1. The highest BCUT2D eigenvalue weighted by molar-refractivity contribution is 5.86. The summed E-state index contributed by atoms with van der Waals surface area (Å²) in [4.78, 5) is 13.6. The summed E-state index contributed by atoms with van der Waals surface area (Å²) in [5.41, 5.74) is 2.57. The van der Waals surface area contributed by atoms with E-state index in [1.807, 2.05) is 36.9 Å². The maximum Gasteiger partial charge on any atom is 0.242 e. The third kappa shape index (κ3) is 2.09. The molecular weight excluding hydrogens is 214 g/mol. The van der Waals surface area contributed by atoms with Gasteiger partial charge in [-0.25, -0.2) is 0 Å². The van der Waals surface area contributed by atoms with Crippen molar-refractivity contribution in [2.24, 2.45) is 0 Å². The molecule has 0 aromatic heterocycles. The van der Waals surface area contributed by atoms with E-state index < -0.39 is 0 Å². The first-order valence-corrected chi connectivity index (χ1v) is 5.68. The fraction of sp³-hybridized carbons (Fsp3) is 0.385. The summed E-state index contributed by atoms with van der Waals surface area (Å²) >= 11 is 0. The Balaban J connectivity index is 2.42. The van der Waals surface area contributed by atoms with E-state index in [1.54, 1.807) is 0 Å². The normalized spacial score (nSPS) is 19.7. The second kappa shape index (κ2) is 4.46. The van der Waals surface area contributed by atoms with Gasteiger partial charge in [0.05, 0.1) is 11.3 Å². The van der Waals surface area contributed by atoms with Crippen LogP contribution in [0.25, 0.3) is 0 Å². The molecule has 1 saturated heterocycles. The number of aryl methyl sites for hydroxylation is 1. The lowest BCUT2D eigenvalue weighted by Gasteiger charge is -2.35. The van der Waals surface area contributed by atoms with Gasteiger partial charge in [-0.05, 0) is 31.5 Å². The van der Waals surface area contributed by atoms with Crippen molar-refractivity contribution in [3.8, 4) is 6.07 Å². The molecule has 4 nitrogen and oxygen atoms in total. The van der Waals surface area contributed by atoms with Gasteiger partial charge in [-0.1, -0.05) is 6.07 Å². The quantitative estimate of drug-likeness (QED) is 0.787. The second-order valence-electron chi connectivity index (χ2n) is 4.29. The van der Waals surface area contributed by atoms with Crippen LogP contribution < -0.4 is 10.2 Å². The predicted molar refractivity (Wildman–Crippen MR) is 65.7 cm³/mol. The molecule has 1 N–H and O–H groups in total. The minimum Gasteiger partial charge on any atom is -0.357 e. The molecule has 0 bridgehead atoms. The average molecular weight is 229 g/mol. The van der Waals surface area contributed by atoms with Crippen LogP contribution >= 0.6 is 0 Å². The highest BCUT2D eigenvalue weighted by Gasteiger charge is 2.27. The van der Waals surface area contributed by atoms with Crippen molar-refractivity contribution in [1.82, 2.24) is 5.32 Å². The Morgan fingerprint density at radius 3 is 3.00 bits per heavy atom. The largest absolute Gasteiger partial charge is 0.357 e. The van der Waals surface area contributed by atoms with Gasteiger partial charge in [0.1, 0.15) is 12.1 Å². The monoisotopic (exact) mass is 229 g/mol. The number of nitrogens with zero attached hydrogens (tertiary/aromatic N) is 2. The van der Waals surface area contributed by atoms with Gasteiger partial charge in [-0.2, -0.15) is 5.26 Å². The molecule has 0 aliphatic carbocycles. The zero-order valence-corrected chi connectivity index (χ0v) is 10.0. The highest BCUT2D eigenvalue weighted by atomic mass is 16.2. The molecule has 0 spiro atoms. The Labute approximate surface area is 101 Å². The maximum atomic E-state index is 11.6. The lowest BCUT2D eigenvalue weighted by atomic mass is 10.1. The van der Waals surface area contributed by atoms with Crippen molar-refractivity contribution in [1.29, 1.82) is 5.26 Å². The lowest BCUT2D eigenvalue weighted by Crippen LogP contribution is -2.54. The molecule has 1 atom stereocenters. The molecule has 1 heterocycles. The van der Waals surface area contributed by atoms with Crippen LogP contribution in [0, 0.1) is 18.3 Å². The van der Waals surface area contributed by atoms with Gasteiger partial charge in [-0.15, -0.1) is 0 Å². The van der Waals surface area contributed by atoms with E-state index in [0.717, 1.165) is 17.8 Å². The van der Waals surface area contributed by atoms with Crippen molar-refractivity contribution < 1.29 is 4.79 Å². The summed E-state index contributed by atoms with van der Waals surface area (Å²) in [6.07, 6.45) is 0. The van der Waals surface area contributed by atoms with Gasteiger partial charge < -0.3 is 10.2 Å². The number of rotatable bonds is 1. The molecule has 0 saturated carbocycles. The van der Waals surface area contributed by atoms with E-state index >= 15 is 0 Å². The van der Waals surface area contributed by atoms with Crippen molar-refractivity contribution in [3.63, 3.8) is 0 Å². The first-order valence-electron chi connectivity index (χ1n) is 5.68. The molecular formula is C13H15N3O. The number of benzene rings is 1. The molecule has 4 heteroatoms. The Bertz CT molecular complexity index is 490. The lowest BCUT2D eigenvalue weighted by molar-refractivity contribution is -0.122. The Morgan fingerprint density at radius 2 is 2.29 bits per heavy atom. The summed E-state index contributed by atoms with van der Waals surface area (Å²) in [5, 5.41) is 11.9. The molecule has 17 heavy (non-hydrogen) atoms. The van der Waals surface area contributed by atoms with Crippen LogP contribution in [0.15, 0.2) is 18.2 Å². The van der Waals surface area contributed by atoms with Gasteiger partial charge in [0, 0.05) is 13.1 Å². The molecule has 1 aliphatic heterocycles. The fourth-order valence-electron chi connectivity index (χ4n) is 2.09. The van der Waals surface area contributed by atoms with Gasteiger partial charge in [-0.3, -0.25) is 4.79 Å². The number of hydrogen-bond acceptors (Lipinski definition) is 3. The van der Waals surface area contributed by atoms with Crippen molar-refractivity contribution in [3.05, 3.63) is 29.3 Å². The van der Waals surface area contributed by atoms with Crippen molar-refractivity contribution in [2.75, 3.05) is 18.0 Å². The second-order valence-corrected chi connectivity index (χ2v) is 4.29. The Hall–Kier alpha value is -2.02. The SMILES string of the molecule is Cc1ccc(C#N)c(N2CCNC(=O)C2C)c1. The Morgan fingerprint density at radius 1 is 1.53 bits per heavy atom. The first kappa shape index (κ1) is 11.5. The predicted octanol–water partition coefficient (Wildman–Crippen LogP) is 1.19. The number of nitriles is 1. The molecule has 1 fully saturated rings. The number of carbonyl (C=O) groups is 1. The molecule has 0 radical (unpaired) electrons. The van der Waals surface area contributed by atoms with Crippen LogP contribution in [0.5, 0.6) is 0 Å². The summed E-state index contributed by atoms with van der Waals surface area (Å²) < 4.78 is 0. The van der Waals surface area contributed by atoms with Crippen LogP contribution in [0.3, 0.4) is 0 Å². The summed E-state index contributed by atoms with van der Waals surface area (Å²) in [6.45, 7) is 5.21. The molecule has 1 aromatic carbocycles. The van der Waals surface area contributed by atoms with E-state index in [0.29, 0.717) is 12.1 Å². The third-order valence-corrected chi connectivity index (χ3v) is 3.08. The van der Waals surface area contributed by atoms with E-state index in [2.05, 4.69) is 11.4 Å². The molecule has 1 unspecified atom stereocenters. The highest BCUT2D eigenvalue weighted by Crippen LogP contribution is 2.24. The zero-order valence-electron chi connectivity index (χ0n) is 10.0. The van der Waals surface area contributed by atoms with Crippen molar-refractivity contribution >= 4 is 11.6 Å². The van der Waals surface area contributed by atoms with Crippen LogP contribution in [0.2, 0.25) is 0 Å². The van der Waals surface area contributed by atoms with Gasteiger partial charge in [0.2, 0.25) is 5.91 Å². The molecule has 1 aromatic rings. The molecule has 2 rings (SSSR count). The fourth-order valence-corrected chi connectivity index (χ4v) is 2.09. The average Bonchev–Trinajstić information content (AvgIpc) is 2.33. The minimum atomic E-state index is -0.224. The number of anilines is 1. The number of amides is 1. The standard InChI is InChI=1S/C13H15N3O/c1-9-3-4-11(8-14)12(7-9)16-6-5-15-13(17)10(16)2/h3-4,7,10H,5-6H2,1-2H3,(H,15,17). The zero-order chi connectivity index (χ0) is 12.4. The molecule has 1 amide bonds. The number of piperazine rings is 1. The van der Waals surface area contributed by atoms with E-state index in [1.165, 1.54) is 0 Å². The topological polar surface area (TPSA) is 56.1 Å². The van der Waals surface area contributed by atoms with Crippen LogP contribution in [0.1, 0.15) is 18.1 Å². The van der Waals surface area contributed by atoms with Gasteiger partial charge >= 0.3 is 0 Å². The molecule has 88 valence electrons. The minimum absolute atomic E-state index is 0.0154. The number of hydrogen-bond donors (Lipinski definition) is 1. The Kier molecular flexibility index (Phi) is 3.01. The van der Waals surface area contributed by atoms with Gasteiger partial charge in [0.25, 0.3) is 0 Å². The van der Waals surface area contributed by atoms with E-state index in [9.17, 15) is 4.79 Å². The molecule has 1 aliphatic rings. The summed E-state index contributed by atoms with van der Waals surface area (Å²) in [5.74, 6) is 0.0154. The van der Waals surface area contributed by atoms with Crippen LogP contribution in [-0.2, 0) is 4.79 Å². The van der Waals surface area contributed by atoms with Crippen molar-refractivity contribution in [2.45, 2.75) is 19.9 Å². The maximum absolute atomic E-state index is 11.6. The summed E-state index contributed by atoms with van der Waals surface area (Å²) in [7, 11) is 0. The van der Waals surface area contributed by atoms with Crippen LogP contribution in [0.4, 0.5) is 5.69 Å². The first-order chi connectivity index (χ1) is 8.13. The van der Waals surface area contributed by atoms with Crippen LogP contribution in [-0.4, -0.2) is 25.0 Å². The van der Waals surface area contributed by atoms with Gasteiger partial charge in [0.15, 0.2) is 0 Å². The smallest absolute Gasteiger partial charge is 0.242 e. The van der Waals surface area contributed by atoms with E-state index in [4.69, 9.17) is 5.26 Å². The number of carbonyl (C=O) groups excluding carboxylic acids is 1.